The Morgan fingerprint density at radius 3 is 2.60 bits per heavy atom. The topological polar surface area (TPSA) is 154 Å². The second-order valence-corrected chi connectivity index (χ2v) is 10.3. The van der Waals surface area contributed by atoms with Gasteiger partial charge in [-0.25, -0.2) is 4.39 Å². The third kappa shape index (κ3) is 7.88. The Hall–Kier alpha value is -4.02. The van der Waals surface area contributed by atoms with Gasteiger partial charge in [-0.05, 0) is 56.2 Å². The van der Waals surface area contributed by atoms with Crippen LogP contribution in [-0.2, 0) is 0 Å². The Morgan fingerprint density at radius 1 is 1.16 bits per heavy atom. The number of aliphatic hydroxyl groups excluding tert-OH is 1. The molecule has 2 amide bonds. The third-order valence-corrected chi connectivity index (χ3v) is 7.39. The molecule has 2 aromatic carbocycles. The number of nitrogens with zero attached hydrogens (tertiary/aromatic N) is 4. The van der Waals surface area contributed by atoms with Crippen molar-refractivity contribution in [2.75, 3.05) is 37.2 Å². The molecule has 1 radical (unpaired) electrons. The van der Waals surface area contributed by atoms with Gasteiger partial charge in [-0.15, -0.1) is 16.0 Å². The zero-order chi connectivity index (χ0) is 31.1. The van der Waals surface area contributed by atoms with Crippen LogP contribution < -0.4 is 15.8 Å². The van der Waals surface area contributed by atoms with E-state index in [2.05, 4.69) is 21.3 Å². The lowest BCUT2D eigenvalue weighted by atomic mass is 9.69. The molecule has 2 heterocycles. The summed E-state index contributed by atoms with van der Waals surface area (Å²) in [4.78, 5) is 29.7. The molecule has 221 valence electrons. The second kappa shape index (κ2) is 14.4. The first-order valence-corrected chi connectivity index (χ1v) is 13.9. The SMILES string of the molecule is CB(O)N1CCCN(C(=O)c2ccc(NC(=O)c3cc(O[C@H]([B]C#CO)c4c(Cl)ccc(F)c4Cl)c(N)nn3)cc2)CC1. The molecule has 11 nitrogen and oxygen atoms in total. The molecule has 0 bridgehead atoms. The first-order chi connectivity index (χ1) is 20.6. The number of hydrogen-bond acceptors (Lipinski definition) is 9. The zero-order valence-corrected chi connectivity index (χ0v) is 24.4. The van der Waals surface area contributed by atoms with Crippen LogP contribution in [0.5, 0.6) is 5.75 Å². The van der Waals surface area contributed by atoms with Crippen LogP contribution in [-0.4, -0.2) is 82.4 Å². The smallest absolute Gasteiger partial charge is 0.376 e. The van der Waals surface area contributed by atoms with Crippen LogP contribution in [0.3, 0.4) is 0 Å². The summed E-state index contributed by atoms with van der Waals surface area (Å²) in [6.07, 6.45) is 2.44. The number of amides is 2. The lowest BCUT2D eigenvalue weighted by Gasteiger charge is -2.22. The number of aliphatic hydroxyl groups is 1. The maximum Gasteiger partial charge on any atom is 0.376 e. The molecule has 0 aliphatic carbocycles. The van der Waals surface area contributed by atoms with Gasteiger partial charge in [0.2, 0.25) is 0 Å². The third-order valence-electron chi connectivity index (χ3n) is 6.67. The largest absolute Gasteiger partial charge is 0.490 e. The van der Waals surface area contributed by atoms with Gasteiger partial charge in [-0.2, -0.15) is 0 Å². The number of nitrogen functional groups attached to an aromatic ring is 1. The summed E-state index contributed by atoms with van der Waals surface area (Å²) in [7, 11) is 0.598. The number of rotatable bonds is 8. The van der Waals surface area contributed by atoms with E-state index in [-0.39, 0.29) is 38.8 Å². The molecule has 3 aromatic rings. The van der Waals surface area contributed by atoms with Crippen molar-refractivity contribution >= 4 is 60.9 Å². The standard InChI is InChI=1S/C27H26B2Cl2FN6O5/c1-29(42)38-11-2-10-37(12-13-38)27(41)16-3-5-17(6-4-16)34-26(40)20-15-21(25(33)36-35-20)43-24(28-9-14-39)22-18(30)7-8-19(32)23(22)31/h3-8,15,24,39,42H,2,10-13H2,1H3,(H2,33,36)(H,34,40)/t24-/m0/s1. The minimum atomic E-state index is -1.21. The number of carbonyl (C=O) groups excluding carboxylic acids is 2. The van der Waals surface area contributed by atoms with Crippen molar-refractivity contribution in [2.24, 2.45) is 0 Å². The van der Waals surface area contributed by atoms with E-state index in [9.17, 15) is 19.0 Å². The van der Waals surface area contributed by atoms with Crippen LogP contribution in [0.25, 0.3) is 0 Å². The number of aromatic nitrogens is 2. The van der Waals surface area contributed by atoms with E-state index in [1.54, 1.807) is 42.1 Å². The highest BCUT2D eigenvalue weighted by Gasteiger charge is 2.26. The quantitative estimate of drug-likeness (QED) is 0.168. The van der Waals surface area contributed by atoms with Crippen LogP contribution in [0.2, 0.25) is 16.9 Å². The average molecular weight is 626 g/mol. The Balaban J connectivity index is 1.47. The predicted octanol–water partition coefficient (Wildman–Crippen LogP) is 3.09. The van der Waals surface area contributed by atoms with Gasteiger partial charge >= 0.3 is 7.05 Å². The van der Waals surface area contributed by atoms with Crippen molar-refractivity contribution < 1.29 is 28.8 Å². The first kappa shape index (κ1) is 31.9. The second-order valence-electron chi connectivity index (χ2n) is 9.54. The van der Waals surface area contributed by atoms with E-state index in [1.165, 1.54) is 19.4 Å². The first-order valence-electron chi connectivity index (χ1n) is 13.1. The van der Waals surface area contributed by atoms with Crippen molar-refractivity contribution in [3.05, 3.63) is 75.1 Å². The summed E-state index contributed by atoms with van der Waals surface area (Å²) in [6.45, 7) is 4.04. The van der Waals surface area contributed by atoms with E-state index >= 15 is 0 Å². The fourth-order valence-electron chi connectivity index (χ4n) is 4.41. The number of nitrogens with two attached hydrogens (primary N) is 1. The number of carbonyl (C=O) groups is 2. The number of anilines is 2. The highest BCUT2D eigenvalue weighted by Crippen LogP contribution is 2.35. The molecule has 43 heavy (non-hydrogen) atoms. The molecule has 0 saturated carbocycles. The van der Waals surface area contributed by atoms with Crippen molar-refractivity contribution in [3.8, 4) is 17.7 Å². The number of halogens is 3. The minimum Gasteiger partial charge on any atom is -0.490 e. The molecule has 1 atom stereocenters. The summed E-state index contributed by atoms with van der Waals surface area (Å²) >= 11 is 12.4. The van der Waals surface area contributed by atoms with Crippen molar-refractivity contribution in [3.63, 3.8) is 0 Å². The van der Waals surface area contributed by atoms with E-state index in [4.69, 9.17) is 38.8 Å². The molecular weight excluding hydrogens is 600 g/mol. The summed E-state index contributed by atoms with van der Waals surface area (Å²) in [5, 5.41) is 28.8. The molecule has 0 unspecified atom stereocenters. The molecule has 1 aromatic heterocycles. The maximum atomic E-state index is 14.2. The summed E-state index contributed by atoms with van der Waals surface area (Å²) in [5.41, 5.74) is 6.61. The Bertz CT molecular complexity index is 1560. The molecule has 1 aliphatic heterocycles. The van der Waals surface area contributed by atoms with Gasteiger partial charge in [-0.3, -0.25) is 9.59 Å². The number of nitrogens with one attached hydrogen (secondary N) is 1. The minimum absolute atomic E-state index is 0.0170. The normalized spacial score (nSPS) is 14.1. The average Bonchev–Trinajstić information content (AvgIpc) is 3.25. The molecular formula is C27H26B2Cl2FN6O5. The lowest BCUT2D eigenvalue weighted by Crippen LogP contribution is -2.40. The van der Waals surface area contributed by atoms with Crippen LogP contribution in [0.4, 0.5) is 15.9 Å². The van der Waals surface area contributed by atoms with E-state index < -0.39 is 24.8 Å². The van der Waals surface area contributed by atoms with E-state index in [1.807, 2.05) is 4.81 Å². The number of ether oxygens (including phenoxy) is 1. The predicted molar refractivity (Wildman–Crippen MR) is 162 cm³/mol. The van der Waals surface area contributed by atoms with Crippen LogP contribution in [0, 0.1) is 17.7 Å². The summed E-state index contributed by atoms with van der Waals surface area (Å²) in [5.74, 6) is 0.436. The fraction of sp³-hybridized carbons (Fsp3) is 0.259. The molecule has 0 spiro atoms. The van der Waals surface area contributed by atoms with E-state index in [0.717, 1.165) is 12.5 Å². The van der Waals surface area contributed by atoms with Gasteiger partial charge in [0.1, 0.15) is 11.8 Å². The molecule has 5 N–H and O–H groups in total. The summed E-state index contributed by atoms with van der Waals surface area (Å²) < 4.78 is 20.0. The van der Waals surface area contributed by atoms with Gasteiger partial charge in [0, 0.05) is 47.5 Å². The van der Waals surface area contributed by atoms with E-state index in [0.29, 0.717) is 37.4 Å². The fourth-order valence-corrected chi connectivity index (χ4v) is 4.99. The lowest BCUT2D eigenvalue weighted by molar-refractivity contribution is 0.0763. The van der Waals surface area contributed by atoms with Gasteiger partial charge in [-0.1, -0.05) is 23.2 Å². The van der Waals surface area contributed by atoms with Crippen molar-refractivity contribution in [1.29, 1.82) is 0 Å². The van der Waals surface area contributed by atoms with Crippen LogP contribution in [0.1, 0.15) is 38.8 Å². The maximum absolute atomic E-state index is 14.2. The Morgan fingerprint density at radius 2 is 1.91 bits per heavy atom. The monoisotopic (exact) mass is 625 g/mol. The zero-order valence-electron chi connectivity index (χ0n) is 22.9. The van der Waals surface area contributed by atoms with Crippen LogP contribution >= 0.6 is 23.2 Å². The highest BCUT2D eigenvalue weighted by atomic mass is 35.5. The molecule has 1 saturated heterocycles. The van der Waals surface area contributed by atoms with Gasteiger partial charge in [0.05, 0.1) is 11.1 Å². The molecule has 16 heteroatoms. The van der Waals surface area contributed by atoms with Crippen LogP contribution in [0.15, 0.2) is 42.5 Å². The molecule has 1 aliphatic rings. The van der Waals surface area contributed by atoms with Crippen molar-refractivity contribution in [2.45, 2.75) is 19.2 Å². The molecule has 4 rings (SSSR count). The Labute approximate surface area is 258 Å². The van der Waals surface area contributed by atoms with Crippen molar-refractivity contribution in [1.82, 2.24) is 19.9 Å². The molecule has 1 fully saturated rings. The van der Waals surface area contributed by atoms with Gasteiger partial charge in [0.15, 0.2) is 17.3 Å². The number of benzene rings is 2. The van der Waals surface area contributed by atoms with Gasteiger partial charge < -0.3 is 35.6 Å². The van der Waals surface area contributed by atoms with Gasteiger partial charge in [0.25, 0.3) is 19.1 Å². The number of hydrogen-bond donors (Lipinski definition) is 4. The highest BCUT2D eigenvalue weighted by molar-refractivity contribution is 6.49. The summed E-state index contributed by atoms with van der Waals surface area (Å²) in [6, 6.07) is 8.75. The Kier molecular flexibility index (Phi) is 10.7.